The van der Waals surface area contributed by atoms with Gasteiger partial charge in [0.15, 0.2) is 0 Å². The predicted molar refractivity (Wildman–Crippen MR) is 66.3 cm³/mol. The Kier molecular flexibility index (Phi) is 3.04. The Balaban J connectivity index is 1.63. The van der Waals surface area contributed by atoms with E-state index in [0.29, 0.717) is 11.7 Å². The summed E-state index contributed by atoms with van der Waals surface area (Å²) in [4.78, 5) is 2.48. The van der Waals surface area contributed by atoms with Crippen molar-refractivity contribution in [1.82, 2.24) is 4.90 Å². The van der Waals surface area contributed by atoms with Crippen LogP contribution >= 0.6 is 0 Å². The van der Waals surface area contributed by atoms with Crippen LogP contribution in [-0.2, 0) is 17.6 Å². The molecule has 1 aromatic carbocycles. The van der Waals surface area contributed by atoms with E-state index in [1.807, 2.05) is 6.07 Å². The molecule has 1 aliphatic heterocycles. The van der Waals surface area contributed by atoms with Gasteiger partial charge in [-0.05, 0) is 36.0 Å². The maximum Gasteiger partial charge on any atom is 0.119 e. The normalized spacial score (nSPS) is 24.8. The molecule has 2 aliphatic rings. The van der Waals surface area contributed by atoms with Crippen LogP contribution in [0.3, 0.4) is 0 Å². The number of aromatic hydroxyl groups is 1. The molecular weight excluding hydrogens is 214 g/mol. The number of morpholine rings is 1. The summed E-state index contributed by atoms with van der Waals surface area (Å²) in [6.45, 7) is 4.98. The van der Waals surface area contributed by atoms with Crippen molar-refractivity contribution in [3.05, 3.63) is 29.3 Å². The molecular formula is C14H19NO2. The zero-order chi connectivity index (χ0) is 11.7. The monoisotopic (exact) mass is 233 g/mol. The lowest BCUT2D eigenvalue weighted by Gasteiger charge is -2.28. The first-order chi connectivity index (χ1) is 8.33. The Hall–Kier alpha value is -1.06. The number of ether oxygens (including phenoxy) is 1. The lowest BCUT2D eigenvalue weighted by Crippen LogP contribution is -2.39. The van der Waals surface area contributed by atoms with Gasteiger partial charge in [-0.1, -0.05) is 12.1 Å². The van der Waals surface area contributed by atoms with Crippen molar-refractivity contribution in [1.29, 1.82) is 0 Å². The molecule has 1 atom stereocenters. The van der Waals surface area contributed by atoms with Crippen molar-refractivity contribution >= 4 is 0 Å². The van der Waals surface area contributed by atoms with Crippen molar-refractivity contribution in [3.8, 4) is 5.75 Å². The maximum atomic E-state index is 9.82. The second kappa shape index (κ2) is 4.67. The lowest BCUT2D eigenvalue weighted by molar-refractivity contribution is 0.0313. The lowest BCUT2D eigenvalue weighted by atomic mass is 10.1. The number of phenolic OH excluding ortho intramolecular Hbond substituents is 1. The number of benzene rings is 1. The number of hydrogen-bond acceptors (Lipinski definition) is 3. The molecule has 0 spiro atoms. The van der Waals surface area contributed by atoms with Gasteiger partial charge in [-0.15, -0.1) is 0 Å². The molecule has 1 fully saturated rings. The van der Waals surface area contributed by atoms with Gasteiger partial charge in [-0.2, -0.15) is 0 Å². The number of phenols is 1. The van der Waals surface area contributed by atoms with E-state index in [9.17, 15) is 5.11 Å². The van der Waals surface area contributed by atoms with Gasteiger partial charge < -0.3 is 9.84 Å². The van der Waals surface area contributed by atoms with Crippen LogP contribution in [0.15, 0.2) is 18.2 Å². The largest absolute Gasteiger partial charge is 0.508 e. The molecule has 0 saturated carbocycles. The molecule has 0 radical (unpaired) electrons. The van der Waals surface area contributed by atoms with E-state index in [0.717, 1.165) is 45.7 Å². The highest BCUT2D eigenvalue weighted by Crippen LogP contribution is 2.33. The Morgan fingerprint density at radius 2 is 2.06 bits per heavy atom. The molecule has 1 saturated heterocycles. The van der Waals surface area contributed by atoms with Gasteiger partial charge in [0.05, 0.1) is 13.2 Å². The second-order valence-electron chi connectivity index (χ2n) is 5.10. The SMILES string of the molecule is Oc1cccc2c1CC(CN1CCOCC1)C2. The summed E-state index contributed by atoms with van der Waals surface area (Å²) in [5.41, 5.74) is 2.51. The van der Waals surface area contributed by atoms with E-state index in [4.69, 9.17) is 4.74 Å². The minimum Gasteiger partial charge on any atom is -0.508 e. The molecule has 1 aromatic rings. The number of hydrogen-bond donors (Lipinski definition) is 1. The first-order valence-electron chi connectivity index (χ1n) is 6.43. The summed E-state index contributed by atoms with van der Waals surface area (Å²) < 4.78 is 5.36. The quantitative estimate of drug-likeness (QED) is 0.839. The molecule has 1 N–H and O–H groups in total. The Morgan fingerprint density at radius 1 is 1.24 bits per heavy atom. The highest BCUT2D eigenvalue weighted by molar-refractivity contribution is 5.42. The van der Waals surface area contributed by atoms with Gasteiger partial charge in [-0.3, -0.25) is 4.90 Å². The average molecular weight is 233 g/mol. The highest BCUT2D eigenvalue weighted by Gasteiger charge is 2.25. The van der Waals surface area contributed by atoms with Crippen molar-refractivity contribution in [2.45, 2.75) is 12.8 Å². The average Bonchev–Trinajstić information content (AvgIpc) is 2.74. The van der Waals surface area contributed by atoms with E-state index < -0.39 is 0 Å². The van der Waals surface area contributed by atoms with Crippen LogP contribution in [0, 0.1) is 5.92 Å². The third-order valence-corrected chi connectivity index (χ3v) is 3.87. The summed E-state index contributed by atoms with van der Waals surface area (Å²) in [7, 11) is 0. The fraction of sp³-hybridized carbons (Fsp3) is 0.571. The van der Waals surface area contributed by atoms with Crippen LogP contribution in [0.25, 0.3) is 0 Å². The van der Waals surface area contributed by atoms with Crippen LogP contribution in [0.2, 0.25) is 0 Å². The smallest absolute Gasteiger partial charge is 0.119 e. The topological polar surface area (TPSA) is 32.7 Å². The summed E-state index contributed by atoms with van der Waals surface area (Å²) in [6, 6.07) is 5.90. The van der Waals surface area contributed by atoms with Gasteiger partial charge in [0.2, 0.25) is 0 Å². The van der Waals surface area contributed by atoms with Crippen LogP contribution in [0.5, 0.6) is 5.75 Å². The number of fused-ring (bicyclic) bond motifs is 1. The van der Waals surface area contributed by atoms with Gasteiger partial charge in [0, 0.05) is 19.6 Å². The second-order valence-corrected chi connectivity index (χ2v) is 5.10. The molecule has 17 heavy (non-hydrogen) atoms. The van der Waals surface area contributed by atoms with Crippen LogP contribution in [0.1, 0.15) is 11.1 Å². The third-order valence-electron chi connectivity index (χ3n) is 3.87. The van der Waals surface area contributed by atoms with Gasteiger partial charge in [0.1, 0.15) is 5.75 Å². The summed E-state index contributed by atoms with van der Waals surface area (Å²) >= 11 is 0. The summed E-state index contributed by atoms with van der Waals surface area (Å²) in [5.74, 6) is 1.14. The molecule has 3 rings (SSSR count). The molecule has 1 aliphatic carbocycles. The van der Waals surface area contributed by atoms with Crippen LogP contribution < -0.4 is 0 Å². The van der Waals surface area contributed by atoms with E-state index in [-0.39, 0.29) is 0 Å². The fourth-order valence-corrected chi connectivity index (χ4v) is 3.00. The van der Waals surface area contributed by atoms with Crippen LogP contribution in [0.4, 0.5) is 0 Å². The molecule has 0 bridgehead atoms. The van der Waals surface area contributed by atoms with Crippen LogP contribution in [-0.4, -0.2) is 42.9 Å². The predicted octanol–water partition coefficient (Wildman–Crippen LogP) is 1.44. The summed E-state index contributed by atoms with van der Waals surface area (Å²) in [6.07, 6.45) is 2.14. The zero-order valence-electron chi connectivity index (χ0n) is 10.1. The van der Waals surface area contributed by atoms with E-state index in [1.165, 1.54) is 11.1 Å². The van der Waals surface area contributed by atoms with E-state index >= 15 is 0 Å². The molecule has 92 valence electrons. The molecule has 1 unspecified atom stereocenters. The zero-order valence-corrected chi connectivity index (χ0v) is 10.1. The Morgan fingerprint density at radius 3 is 2.82 bits per heavy atom. The number of rotatable bonds is 2. The Bertz CT molecular complexity index is 399. The molecule has 1 heterocycles. The molecule has 3 nitrogen and oxygen atoms in total. The van der Waals surface area contributed by atoms with Crippen molar-refractivity contribution < 1.29 is 9.84 Å². The van der Waals surface area contributed by atoms with E-state index in [1.54, 1.807) is 6.07 Å². The van der Waals surface area contributed by atoms with Crippen molar-refractivity contribution in [2.24, 2.45) is 5.92 Å². The van der Waals surface area contributed by atoms with Gasteiger partial charge >= 0.3 is 0 Å². The van der Waals surface area contributed by atoms with Crippen molar-refractivity contribution in [2.75, 3.05) is 32.8 Å². The maximum absolute atomic E-state index is 9.82. The van der Waals surface area contributed by atoms with E-state index in [2.05, 4.69) is 11.0 Å². The molecule has 0 aromatic heterocycles. The van der Waals surface area contributed by atoms with Gasteiger partial charge in [-0.25, -0.2) is 0 Å². The van der Waals surface area contributed by atoms with Gasteiger partial charge in [0.25, 0.3) is 0 Å². The Labute approximate surface area is 102 Å². The number of nitrogens with zero attached hydrogens (tertiary/aromatic N) is 1. The third kappa shape index (κ3) is 2.31. The fourth-order valence-electron chi connectivity index (χ4n) is 3.00. The summed E-state index contributed by atoms with van der Waals surface area (Å²) in [5, 5.41) is 9.82. The first-order valence-corrected chi connectivity index (χ1v) is 6.43. The first kappa shape index (κ1) is 11.1. The highest BCUT2D eigenvalue weighted by atomic mass is 16.5. The van der Waals surface area contributed by atoms with Crippen molar-refractivity contribution in [3.63, 3.8) is 0 Å². The molecule has 0 amide bonds. The minimum atomic E-state index is 0.479. The minimum absolute atomic E-state index is 0.479. The molecule has 3 heteroatoms. The standard InChI is InChI=1S/C14H19NO2/c16-14-3-1-2-12-8-11(9-13(12)14)10-15-4-6-17-7-5-15/h1-3,11,16H,4-10H2.